The van der Waals surface area contributed by atoms with E-state index in [2.05, 4.69) is 21.1 Å². The molecule has 2 aromatic carbocycles. The first-order valence-electron chi connectivity index (χ1n) is 6.17. The van der Waals surface area contributed by atoms with Gasteiger partial charge in [-0.1, -0.05) is 34.4 Å². The molecule has 2 rings (SSSR count). The molecule has 2 aromatic rings. The van der Waals surface area contributed by atoms with Crippen molar-refractivity contribution in [2.75, 3.05) is 7.11 Å². The van der Waals surface area contributed by atoms with Crippen LogP contribution in [0.3, 0.4) is 0 Å². The van der Waals surface area contributed by atoms with Crippen LogP contribution in [-0.2, 0) is 6.61 Å². The van der Waals surface area contributed by atoms with Crippen molar-refractivity contribution in [3.63, 3.8) is 0 Å². The van der Waals surface area contributed by atoms with Gasteiger partial charge in [-0.3, -0.25) is 0 Å². The van der Waals surface area contributed by atoms with E-state index in [1.165, 1.54) is 13.3 Å². The van der Waals surface area contributed by atoms with Gasteiger partial charge in [0.15, 0.2) is 11.5 Å². The van der Waals surface area contributed by atoms with E-state index in [1.54, 1.807) is 30.3 Å². The van der Waals surface area contributed by atoms with Gasteiger partial charge >= 0.3 is 0 Å². The van der Waals surface area contributed by atoms with Gasteiger partial charge in [0.1, 0.15) is 6.61 Å². The van der Waals surface area contributed by atoms with Crippen molar-refractivity contribution < 1.29 is 14.7 Å². The molecular weight excluding hydrogens is 393 g/mol. The molecule has 0 spiro atoms. The van der Waals surface area contributed by atoms with Gasteiger partial charge in [-0.15, -0.1) is 0 Å². The van der Waals surface area contributed by atoms with Crippen molar-refractivity contribution in [3.8, 4) is 11.5 Å². The van der Waals surface area contributed by atoms with Crippen LogP contribution in [0.5, 0.6) is 11.5 Å². The van der Waals surface area contributed by atoms with E-state index in [0.717, 1.165) is 5.56 Å². The molecule has 0 saturated heterocycles. The van der Waals surface area contributed by atoms with Crippen LogP contribution in [0, 0.1) is 0 Å². The van der Waals surface area contributed by atoms with Crippen molar-refractivity contribution in [1.29, 1.82) is 0 Å². The third kappa shape index (κ3) is 4.06. The third-order valence-corrected chi connectivity index (χ3v) is 4.02. The zero-order valence-electron chi connectivity index (χ0n) is 11.5. The van der Waals surface area contributed by atoms with Crippen molar-refractivity contribution in [2.24, 2.45) is 5.16 Å². The molecule has 0 bridgehead atoms. The highest BCUT2D eigenvalue weighted by molar-refractivity contribution is 9.10. The predicted molar refractivity (Wildman–Crippen MR) is 90.9 cm³/mol. The van der Waals surface area contributed by atoms with Gasteiger partial charge in [-0.25, -0.2) is 0 Å². The maximum absolute atomic E-state index is 8.61. The second-order valence-corrected chi connectivity index (χ2v) is 6.00. The van der Waals surface area contributed by atoms with Gasteiger partial charge in [0.2, 0.25) is 0 Å². The Bertz CT molecular complexity index is 707. The lowest BCUT2D eigenvalue weighted by Crippen LogP contribution is -2.00. The van der Waals surface area contributed by atoms with Gasteiger partial charge < -0.3 is 14.7 Å². The summed E-state index contributed by atoms with van der Waals surface area (Å²) in [6.07, 6.45) is 1.30. The lowest BCUT2D eigenvalue weighted by Gasteiger charge is -2.14. The molecule has 1 N–H and O–H groups in total. The average molecular weight is 405 g/mol. The number of ether oxygens (including phenoxy) is 2. The highest BCUT2D eigenvalue weighted by atomic mass is 79.9. The minimum atomic E-state index is 0.262. The summed E-state index contributed by atoms with van der Waals surface area (Å²) in [6.45, 7) is 0.262. The number of halogens is 3. The fraction of sp³-hybridized carbons (Fsp3) is 0.133. The van der Waals surface area contributed by atoms with Crippen molar-refractivity contribution in [3.05, 3.63) is 56.0 Å². The molecule has 116 valence electrons. The summed E-state index contributed by atoms with van der Waals surface area (Å²) in [5.74, 6) is 1.04. The summed E-state index contributed by atoms with van der Waals surface area (Å²) in [7, 11) is 1.53. The van der Waals surface area contributed by atoms with E-state index in [4.69, 9.17) is 37.9 Å². The highest BCUT2D eigenvalue weighted by Crippen LogP contribution is 2.37. The van der Waals surface area contributed by atoms with Crippen LogP contribution < -0.4 is 9.47 Å². The number of hydrogen-bond acceptors (Lipinski definition) is 4. The number of methoxy groups -OCH3 is 1. The maximum Gasteiger partial charge on any atom is 0.175 e. The molecular formula is C15H12BrCl2NO3. The van der Waals surface area contributed by atoms with Gasteiger partial charge in [0.05, 0.1) is 17.8 Å². The lowest BCUT2D eigenvalue weighted by molar-refractivity contribution is 0.282. The number of oxime groups is 1. The zero-order chi connectivity index (χ0) is 16.1. The van der Waals surface area contributed by atoms with Crippen LogP contribution in [0.25, 0.3) is 0 Å². The molecule has 0 unspecified atom stereocenters. The van der Waals surface area contributed by atoms with Crippen LogP contribution in [0.15, 0.2) is 40.0 Å². The predicted octanol–water partition coefficient (Wildman–Crippen LogP) is 5.15. The fourth-order valence-corrected chi connectivity index (χ4v) is 2.85. The van der Waals surface area contributed by atoms with Gasteiger partial charge in [-0.05, 0) is 40.2 Å². The number of rotatable bonds is 5. The number of benzene rings is 2. The first kappa shape index (κ1) is 16.9. The van der Waals surface area contributed by atoms with Gasteiger partial charge in [-0.2, -0.15) is 0 Å². The Morgan fingerprint density at radius 3 is 2.68 bits per heavy atom. The van der Waals surface area contributed by atoms with Gasteiger partial charge in [0, 0.05) is 21.2 Å². The third-order valence-electron chi connectivity index (χ3n) is 2.85. The van der Waals surface area contributed by atoms with E-state index in [-0.39, 0.29) is 6.61 Å². The molecule has 0 aliphatic carbocycles. The number of hydrogen-bond donors (Lipinski definition) is 1. The van der Waals surface area contributed by atoms with Crippen LogP contribution in [0.1, 0.15) is 11.1 Å². The molecule has 0 aliphatic rings. The topological polar surface area (TPSA) is 51.0 Å². The molecule has 0 heterocycles. The molecule has 0 fully saturated rings. The second-order valence-electron chi connectivity index (χ2n) is 4.30. The molecule has 0 amide bonds. The summed E-state index contributed by atoms with van der Waals surface area (Å²) in [6, 6.07) is 8.66. The first-order chi connectivity index (χ1) is 10.5. The Hall–Kier alpha value is -1.43. The Labute approximate surface area is 146 Å². The van der Waals surface area contributed by atoms with Crippen LogP contribution >= 0.6 is 39.1 Å². The Kier molecular flexibility index (Phi) is 5.94. The van der Waals surface area contributed by atoms with E-state index in [1.807, 2.05) is 0 Å². The van der Waals surface area contributed by atoms with Crippen molar-refractivity contribution in [1.82, 2.24) is 0 Å². The van der Waals surface area contributed by atoms with Crippen molar-refractivity contribution in [2.45, 2.75) is 6.61 Å². The minimum Gasteiger partial charge on any atom is -0.493 e. The molecule has 0 aliphatic heterocycles. The van der Waals surface area contributed by atoms with E-state index in [9.17, 15) is 0 Å². The van der Waals surface area contributed by atoms with Crippen LogP contribution in [0.4, 0.5) is 0 Å². The number of nitrogens with zero attached hydrogens (tertiary/aromatic N) is 1. The molecule has 0 radical (unpaired) electrons. The first-order valence-corrected chi connectivity index (χ1v) is 7.71. The van der Waals surface area contributed by atoms with Gasteiger partial charge in [0.25, 0.3) is 0 Å². The summed E-state index contributed by atoms with van der Waals surface area (Å²) in [4.78, 5) is 0. The lowest BCUT2D eigenvalue weighted by atomic mass is 10.2. The standard InChI is InChI=1S/C15H12BrCl2NO3/c1-21-14-5-9(7-19-20)4-12(16)15(14)22-8-10-2-3-11(17)6-13(10)18/h2-7,20H,8H2,1H3/b19-7-. The average Bonchev–Trinajstić information content (AvgIpc) is 2.47. The molecule has 0 atom stereocenters. The van der Waals surface area contributed by atoms with E-state index >= 15 is 0 Å². The molecule has 0 aromatic heterocycles. The summed E-state index contributed by atoms with van der Waals surface area (Å²) in [5, 5.41) is 12.7. The SMILES string of the molecule is COc1cc(/C=N\O)cc(Br)c1OCc1ccc(Cl)cc1Cl. The monoisotopic (exact) mass is 403 g/mol. The van der Waals surface area contributed by atoms with Crippen LogP contribution in [0.2, 0.25) is 10.0 Å². The second kappa shape index (κ2) is 7.72. The summed E-state index contributed by atoms with van der Waals surface area (Å²) < 4.78 is 11.8. The van der Waals surface area contributed by atoms with Crippen LogP contribution in [-0.4, -0.2) is 18.5 Å². The quantitative estimate of drug-likeness (QED) is 0.425. The Morgan fingerprint density at radius 1 is 1.27 bits per heavy atom. The highest BCUT2D eigenvalue weighted by Gasteiger charge is 2.12. The normalized spacial score (nSPS) is 10.9. The summed E-state index contributed by atoms with van der Waals surface area (Å²) in [5.41, 5.74) is 1.48. The fourth-order valence-electron chi connectivity index (χ4n) is 1.81. The Balaban J connectivity index is 2.25. The maximum atomic E-state index is 8.61. The molecule has 7 heteroatoms. The molecule has 0 saturated carbocycles. The largest absolute Gasteiger partial charge is 0.493 e. The van der Waals surface area contributed by atoms with Crippen molar-refractivity contribution >= 4 is 45.3 Å². The molecule has 22 heavy (non-hydrogen) atoms. The van der Waals surface area contributed by atoms with E-state index < -0.39 is 0 Å². The Morgan fingerprint density at radius 2 is 2.05 bits per heavy atom. The summed E-state index contributed by atoms with van der Waals surface area (Å²) >= 11 is 15.4. The zero-order valence-corrected chi connectivity index (χ0v) is 14.6. The minimum absolute atomic E-state index is 0.262. The smallest absolute Gasteiger partial charge is 0.175 e. The van der Waals surface area contributed by atoms with E-state index in [0.29, 0.717) is 31.6 Å². The molecule has 4 nitrogen and oxygen atoms in total.